The molecule has 6 nitrogen and oxygen atoms in total. The average molecular weight is 241 g/mol. The summed E-state index contributed by atoms with van der Waals surface area (Å²) in [4.78, 5) is 9.69. The van der Waals surface area contributed by atoms with Crippen molar-refractivity contribution in [3.05, 3.63) is 34.4 Å². The normalized spacial score (nSPS) is 10.2. The first-order valence-corrected chi connectivity index (χ1v) is 5.34. The summed E-state index contributed by atoms with van der Waals surface area (Å²) in [6.07, 6.45) is 0.867. The molecule has 0 atom stereocenters. The van der Waals surface area contributed by atoms with Gasteiger partial charge in [0.25, 0.3) is 5.69 Å². The van der Waals surface area contributed by atoms with E-state index < -0.39 is 15.0 Å². The molecule has 1 aromatic rings. The fraction of sp³-hybridized carbons (Fsp3) is 0.143. The molecule has 0 unspecified atom stereocenters. The minimum absolute atomic E-state index is 0. The van der Waals surface area contributed by atoms with Gasteiger partial charge in [-0.2, -0.15) is 8.42 Å². The Bertz CT molecular complexity index is 458. The first kappa shape index (κ1) is 14.4. The molecule has 0 heterocycles. The van der Waals surface area contributed by atoms with Gasteiger partial charge in [0, 0.05) is 6.07 Å². The number of non-ortho nitro benzene ring substituents is 1. The van der Waals surface area contributed by atoms with E-state index in [-0.39, 0.29) is 41.0 Å². The Labute approximate surface area is 109 Å². The fourth-order valence-electron chi connectivity index (χ4n) is 0.824. The molecule has 0 aliphatic rings. The van der Waals surface area contributed by atoms with Crippen LogP contribution in [-0.4, -0.2) is 49.2 Å². The molecule has 0 spiro atoms. The monoisotopic (exact) mass is 241 g/mol. The van der Waals surface area contributed by atoms with Crippen LogP contribution in [0.1, 0.15) is 0 Å². The van der Waals surface area contributed by atoms with Crippen LogP contribution in [0.5, 0.6) is 5.75 Å². The zero-order chi connectivity index (χ0) is 10.8. The quantitative estimate of drug-likeness (QED) is 0.328. The van der Waals surface area contributed by atoms with Crippen LogP contribution in [0.15, 0.2) is 24.3 Å². The molecule has 0 aliphatic carbocycles. The molecule has 1 aromatic carbocycles. The van der Waals surface area contributed by atoms with Crippen LogP contribution < -0.4 is 4.18 Å². The van der Waals surface area contributed by atoms with Gasteiger partial charge in [0.2, 0.25) is 0 Å². The van der Waals surface area contributed by atoms with Crippen LogP contribution in [0, 0.1) is 10.1 Å². The molecule has 0 bridgehead atoms. The van der Waals surface area contributed by atoms with Gasteiger partial charge in [0.05, 0.1) is 17.2 Å². The van der Waals surface area contributed by atoms with Gasteiger partial charge in [0.1, 0.15) is 5.75 Å². The molecule has 78 valence electrons. The van der Waals surface area contributed by atoms with E-state index in [0.29, 0.717) is 0 Å². The molecular weight excluding hydrogens is 233 g/mol. The molecule has 0 saturated heterocycles. The van der Waals surface area contributed by atoms with Crippen molar-refractivity contribution in [3.63, 3.8) is 0 Å². The van der Waals surface area contributed by atoms with E-state index in [1.54, 1.807) is 0 Å². The van der Waals surface area contributed by atoms with Crippen LogP contribution in [-0.2, 0) is 10.1 Å². The summed E-state index contributed by atoms with van der Waals surface area (Å²) in [5.41, 5.74) is -0.217. The van der Waals surface area contributed by atoms with Crippen LogP contribution in [0.25, 0.3) is 0 Å². The summed E-state index contributed by atoms with van der Waals surface area (Å²) in [5.74, 6) is -0.0679. The second-order valence-corrected chi connectivity index (χ2v) is 4.12. The summed E-state index contributed by atoms with van der Waals surface area (Å²) < 4.78 is 25.8. The molecule has 0 amide bonds. The van der Waals surface area contributed by atoms with E-state index in [9.17, 15) is 18.5 Å². The second-order valence-electron chi connectivity index (χ2n) is 2.54. The number of hydrogen-bond donors (Lipinski definition) is 0. The van der Waals surface area contributed by atoms with E-state index in [1.807, 2.05) is 0 Å². The summed E-state index contributed by atoms with van der Waals surface area (Å²) in [6.45, 7) is 0. The Morgan fingerprint density at radius 2 is 2.00 bits per heavy atom. The van der Waals surface area contributed by atoms with Crippen LogP contribution >= 0.6 is 0 Å². The second kappa shape index (κ2) is 5.45. The standard InChI is InChI=1S/C7H7NO5S.Na.H/c1-14(11,12)13-7-4-2-3-6(5-7)8(9)10;;/h2-5H,1H3;;. The molecule has 15 heavy (non-hydrogen) atoms. The zero-order valence-corrected chi connectivity index (χ0v) is 8.02. The molecule has 0 saturated carbocycles. The van der Waals surface area contributed by atoms with Crippen LogP contribution in [0.3, 0.4) is 0 Å². The number of nitro benzene ring substituents is 1. The van der Waals surface area contributed by atoms with Crippen molar-refractivity contribution in [1.29, 1.82) is 0 Å². The van der Waals surface area contributed by atoms with Gasteiger partial charge in [-0.05, 0) is 6.07 Å². The zero-order valence-electron chi connectivity index (χ0n) is 7.21. The molecule has 0 radical (unpaired) electrons. The molecule has 0 fully saturated rings. The summed E-state index contributed by atoms with van der Waals surface area (Å²) in [5, 5.41) is 10.3. The Morgan fingerprint density at radius 3 is 2.47 bits per heavy atom. The van der Waals surface area contributed by atoms with Gasteiger partial charge in [-0.1, -0.05) is 6.07 Å². The van der Waals surface area contributed by atoms with Crippen molar-refractivity contribution < 1.29 is 17.5 Å². The molecule has 1 rings (SSSR count). The van der Waals surface area contributed by atoms with Crippen molar-refractivity contribution in [2.24, 2.45) is 0 Å². The van der Waals surface area contributed by atoms with Crippen molar-refractivity contribution in [2.45, 2.75) is 0 Å². The topological polar surface area (TPSA) is 86.5 Å². The molecule has 0 aliphatic heterocycles. The van der Waals surface area contributed by atoms with Gasteiger partial charge >= 0.3 is 39.7 Å². The Kier molecular flexibility index (Phi) is 5.22. The van der Waals surface area contributed by atoms with E-state index in [4.69, 9.17) is 0 Å². The third kappa shape index (κ3) is 5.12. The minimum atomic E-state index is -3.64. The molecule has 8 heteroatoms. The van der Waals surface area contributed by atoms with Crippen LogP contribution in [0.4, 0.5) is 5.69 Å². The van der Waals surface area contributed by atoms with E-state index in [2.05, 4.69) is 4.18 Å². The fourth-order valence-corrected chi connectivity index (χ4v) is 1.28. The first-order valence-electron chi connectivity index (χ1n) is 3.52. The maximum absolute atomic E-state index is 10.7. The van der Waals surface area contributed by atoms with Gasteiger partial charge in [-0.25, -0.2) is 0 Å². The summed E-state index contributed by atoms with van der Waals surface area (Å²) in [6, 6.07) is 4.96. The maximum atomic E-state index is 10.7. The average Bonchev–Trinajstić information content (AvgIpc) is 2.01. The Balaban J connectivity index is 0.00000196. The van der Waals surface area contributed by atoms with E-state index in [1.165, 1.54) is 18.2 Å². The van der Waals surface area contributed by atoms with E-state index in [0.717, 1.165) is 12.3 Å². The predicted molar refractivity (Wildman–Crippen MR) is 55.7 cm³/mol. The van der Waals surface area contributed by atoms with Gasteiger partial charge in [-0.3, -0.25) is 10.1 Å². The number of benzene rings is 1. The first-order chi connectivity index (χ1) is 6.38. The van der Waals surface area contributed by atoms with Crippen molar-refractivity contribution in [1.82, 2.24) is 0 Å². The number of nitrogens with zero attached hydrogens (tertiary/aromatic N) is 1. The third-order valence-corrected chi connectivity index (χ3v) is 1.77. The number of hydrogen-bond acceptors (Lipinski definition) is 5. The SMILES string of the molecule is CS(=O)(=O)Oc1cccc([N+](=O)[O-])c1.[NaH]. The molecule has 0 N–H and O–H groups in total. The molecule has 0 aromatic heterocycles. The number of nitro groups is 1. The van der Waals surface area contributed by atoms with Crippen molar-refractivity contribution in [3.8, 4) is 5.75 Å². The van der Waals surface area contributed by atoms with Crippen molar-refractivity contribution in [2.75, 3.05) is 6.26 Å². The third-order valence-electron chi connectivity index (χ3n) is 1.28. The van der Waals surface area contributed by atoms with Crippen LogP contribution in [0.2, 0.25) is 0 Å². The van der Waals surface area contributed by atoms with Gasteiger partial charge in [-0.15, -0.1) is 0 Å². The van der Waals surface area contributed by atoms with Gasteiger partial charge < -0.3 is 4.18 Å². The Hall–Kier alpha value is -0.630. The van der Waals surface area contributed by atoms with Gasteiger partial charge in [0.15, 0.2) is 0 Å². The summed E-state index contributed by atoms with van der Waals surface area (Å²) in [7, 11) is -3.64. The van der Waals surface area contributed by atoms with E-state index >= 15 is 0 Å². The summed E-state index contributed by atoms with van der Waals surface area (Å²) >= 11 is 0. The molecular formula is C7H8NNaO5S. The predicted octanol–water partition coefficient (Wildman–Crippen LogP) is 0.285. The number of rotatable bonds is 3. The Morgan fingerprint density at radius 1 is 1.40 bits per heavy atom. The van der Waals surface area contributed by atoms with Crippen molar-refractivity contribution >= 4 is 45.4 Å².